The van der Waals surface area contributed by atoms with Gasteiger partial charge in [0.05, 0.1) is 0 Å². The van der Waals surface area contributed by atoms with E-state index in [-0.39, 0.29) is 13.0 Å². The molecule has 7 heteroatoms. The van der Waals surface area contributed by atoms with Gasteiger partial charge in [0.25, 0.3) is 0 Å². The van der Waals surface area contributed by atoms with E-state index in [0.717, 1.165) is 22.3 Å². The summed E-state index contributed by atoms with van der Waals surface area (Å²) in [5, 5.41) is 12.9. The average molecular weight is 449 g/mol. The second-order valence-electron chi connectivity index (χ2n) is 7.34. The number of carbonyl (C=O) groups is 1. The van der Waals surface area contributed by atoms with E-state index in [9.17, 15) is 4.79 Å². The van der Waals surface area contributed by atoms with Gasteiger partial charge in [0, 0.05) is 18.5 Å². The van der Waals surface area contributed by atoms with Gasteiger partial charge < -0.3 is 25.2 Å². The quantitative estimate of drug-likeness (QED) is 0.318. The minimum atomic E-state index is -0.826. The molecule has 0 aromatic heterocycles. The first kappa shape index (κ1) is 23.8. The van der Waals surface area contributed by atoms with Crippen LogP contribution in [0.25, 0.3) is 0 Å². The lowest BCUT2D eigenvalue weighted by molar-refractivity contribution is -0.136. The Morgan fingerprint density at radius 2 is 1.67 bits per heavy atom. The zero-order valence-electron chi connectivity index (χ0n) is 18.6. The molecule has 0 unspecified atom stereocenters. The van der Waals surface area contributed by atoms with Crippen LogP contribution in [-0.4, -0.2) is 30.5 Å². The van der Waals surface area contributed by atoms with Crippen molar-refractivity contribution in [2.24, 2.45) is 10.9 Å². The van der Waals surface area contributed by atoms with Crippen LogP contribution in [0.3, 0.4) is 0 Å². The molecular weight excluding hydrogens is 420 g/mol. The highest BCUT2D eigenvalue weighted by Gasteiger charge is 2.08. The summed E-state index contributed by atoms with van der Waals surface area (Å²) in [5.74, 6) is 0.581. The first-order chi connectivity index (χ1) is 16.1. The maximum atomic E-state index is 10.8. The summed E-state index contributed by atoms with van der Waals surface area (Å²) in [4.78, 5) is 15.8. The van der Waals surface area contributed by atoms with Crippen molar-refractivity contribution >= 4 is 11.7 Å². The van der Waals surface area contributed by atoms with Crippen molar-refractivity contribution in [2.75, 3.05) is 13.7 Å². The van der Waals surface area contributed by atoms with Crippen LogP contribution >= 0.6 is 0 Å². The molecule has 0 aliphatic carbocycles. The minimum absolute atomic E-state index is 0.0752. The first-order valence-electron chi connectivity index (χ1n) is 10.6. The van der Waals surface area contributed by atoms with Crippen molar-refractivity contribution < 1.29 is 24.2 Å². The second-order valence-corrected chi connectivity index (χ2v) is 7.34. The zero-order valence-corrected chi connectivity index (χ0v) is 18.6. The molecule has 0 fully saturated rings. The molecule has 0 saturated carbocycles. The SMILES string of the molecule is CO/N=C(\COc1ccc(COc2ccc(CCC(=O)O)c(CN)c2)cc1)c1ccccc1. The number of hydrogen-bond donors (Lipinski definition) is 2. The van der Waals surface area contributed by atoms with Gasteiger partial charge in [-0.1, -0.05) is 53.7 Å². The summed E-state index contributed by atoms with van der Waals surface area (Å²) >= 11 is 0. The van der Waals surface area contributed by atoms with E-state index in [1.54, 1.807) is 0 Å². The molecule has 0 atom stereocenters. The fraction of sp³-hybridized carbons (Fsp3) is 0.231. The third-order valence-electron chi connectivity index (χ3n) is 5.02. The molecular formula is C26H28N2O5. The molecule has 33 heavy (non-hydrogen) atoms. The van der Waals surface area contributed by atoms with Crippen LogP contribution in [0.5, 0.6) is 11.5 Å². The maximum absolute atomic E-state index is 10.8. The van der Waals surface area contributed by atoms with E-state index in [2.05, 4.69) is 5.16 Å². The van der Waals surface area contributed by atoms with Crippen molar-refractivity contribution in [1.29, 1.82) is 0 Å². The van der Waals surface area contributed by atoms with Crippen molar-refractivity contribution in [3.05, 3.63) is 95.1 Å². The van der Waals surface area contributed by atoms with E-state index < -0.39 is 5.97 Å². The van der Waals surface area contributed by atoms with E-state index in [1.165, 1.54) is 7.11 Å². The molecule has 3 N–H and O–H groups in total. The maximum Gasteiger partial charge on any atom is 0.303 e. The van der Waals surface area contributed by atoms with Crippen molar-refractivity contribution in [1.82, 2.24) is 0 Å². The highest BCUT2D eigenvalue weighted by molar-refractivity contribution is 6.01. The number of nitrogens with two attached hydrogens (primary N) is 1. The van der Waals surface area contributed by atoms with Gasteiger partial charge in [0.15, 0.2) is 0 Å². The van der Waals surface area contributed by atoms with Gasteiger partial charge in [0.1, 0.15) is 37.5 Å². The van der Waals surface area contributed by atoms with Crippen molar-refractivity contribution in [2.45, 2.75) is 26.0 Å². The predicted molar refractivity (Wildman–Crippen MR) is 127 cm³/mol. The Bertz CT molecular complexity index is 1070. The van der Waals surface area contributed by atoms with Gasteiger partial charge in [-0.05, 0) is 47.4 Å². The first-order valence-corrected chi connectivity index (χ1v) is 10.6. The third kappa shape index (κ3) is 7.36. The van der Waals surface area contributed by atoms with Crippen LogP contribution in [0.4, 0.5) is 0 Å². The number of ether oxygens (including phenoxy) is 2. The molecule has 0 spiro atoms. The molecule has 3 aromatic carbocycles. The molecule has 0 saturated heterocycles. The van der Waals surface area contributed by atoms with E-state index >= 15 is 0 Å². The van der Waals surface area contributed by atoms with Crippen molar-refractivity contribution in [3.8, 4) is 11.5 Å². The Morgan fingerprint density at radius 3 is 2.33 bits per heavy atom. The molecule has 7 nitrogen and oxygen atoms in total. The number of aryl methyl sites for hydroxylation is 1. The third-order valence-corrected chi connectivity index (χ3v) is 5.02. The van der Waals surface area contributed by atoms with Gasteiger partial charge in [-0.15, -0.1) is 0 Å². The smallest absolute Gasteiger partial charge is 0.303 e. The molecule has 0 radical (unpaired) electrons. The predicted octanol–water partition coefficient (Wildman–Crippen LogP) is 4.17. The fourth-order valence-corrected chi connectivity index (χ4v) is 3.27. The summed E-state index contributed by atoms with van der Waals surface area (Å²) < 4.78 is 11.8. The number of rotatable bonds is 12. The highest BCUT2D eigenvalue weighted by atomic mass is 16.6. The van der Waals surface area contributed by atoms with Crippen LogP contribution in [-0.2, 0) is 29.2 Å². The van der Waals surface area contributed by atoms with Crippen LogP contribution < -0.4 is 15.2 Å². The number of carboxylic acid groups (broad SMARTS) is 1. The number of aliphatic carboxylic acids is 1. The Balaban J connectivity index is 1.55. The van der Waals surface area contributed by atoms with Gasteiger partial charge in [-0.3, -0.25) is 4.79 Å². The second kappa shape index (κ2) is 12.3. The molecule has 3 rings (SSSR count). The lowest BCUT2D eigenvalue weighted by Gasteiger charge is -2.12. The van der Waals surface area contributed by atoms with Crippen LogP contribution in [0.1, 0.15) is 28.7 Å². The summed E-state index contributed by atoms with van der Waals surface area (Å²) in [6.45, 7) is 0.998. The van der Waals surface area contributed by atoms with Crippen LogP contribution in [0.15, 0.2) is 78.0 Å². The number of oxime groups is 1. The molecule has 0 aliphatic heterocycles. The Hall–Kier alpha value is -3.84. The molecule has 0 heterocycles. The molecule has 3 aromatic rings. The summed E-state index contributed by atoms with van der Waals surface area (Å²) in [6, 6.07) is 23.0. The normalized spacial score (nSPS) is 11.2. The Morgan fingerprint density at radius 1 is 0.939 bits per heavy atom. The van der Waals surface area contributed by atoms with Gasteiger partial charge >= 0.3 is 5.97 Å². The molecule has 0 aliphatic rings. The zero-order chi connectivity index (χ0) is 23.5. The highest BCUT2D eigenvalue weighted by Crippen LogP contribution is 2.21. The number of benzene rings is 3. The molecule has 172 valence electrons. The Kier molecular flexibility index (Phi) is 8.85. The van der Waals surface area contributed by atoms with Crippen LogP contribution in [0.2, 0.25) is 0 Å². The summed E-state index contributed by atoms with van der Waals surface area (Å²) in [6.07, 6.45) is 0.524. The fourth-order valence-electron chi connectivity index (χ4n) is 3.27. The van der Waals surface area contributed by atoms with Gasteiger partial charge in [-0.2, -0.15) is 0 Å². The average Bonchev–Trinajstić information content (AvgIpc) is 2.85. The number of nitrogens with zero attached hydrogens (tertiary/aromatic N) is 1. The van der Waals surface area contributed by atoms with Gasteiger partial charge in [-0.25, -0.2) is 0 Å². The summed E-state index contributed by atoms with van der Waals surface area (Å²) in [7, 11) is 1.51. The summed E-state index contributed by atoms with van der Waals surface area (Å²) in [5.41, 5.74) is 10.3. The minimum Gasteiger partial charge on any atom is -0.489 e. The lowest BCUT2D eigenvalue weighted by atomic mass is 10.0. The largest absolute Gasteiger partial charge is 0.489 e. The van der Waals surface area contributed by atoms with E-state index in [4.69, 9.17) is 25.2 Å². The topological polar surface area (TPSA) is 103 Å². The number of hydrogen-bond acceptors (Lipinski definition) is 6. The lowest BCUT2D eigenvalue weighted by Crippen LogP contribution is -2.13. The molecule has 0 bridgehead atoms. The monoisotopic (exact) mass is 448 g/mol. The Labute approximate surface area is 193 Å². The standard InChI is InChI=1S/C26H28N2O5/c1-31-28-25(21-5-3-2-4-6-21)18-33-23-11-7-19(8-12-23)17-32-24-13-9-20(10-14-26(29)30)22(15-24)16-27/h2-9,11-13,15H,10,14,16-18,27H2,1H3,(H,29,30)/b28-25+. The number of carboxylic acids is 1. The van der Waals surface area contributed by atoms with Gasteiger partial charge in [0.2, 0.25) is 0 Å². The van der Waals surface area contributed by atoms with Crippen LogP contribution in [0, 0.1) is 0 Å². The van der Waals surface area contributed by atoms with Crippen molar-refractivity contribution in [3.63, 3.8) is 0 Å². The van der Waals surface area contributed by atoms with E-state index in [0.29, 0.717) is 36.8 Å². The molecule has 0 amide bonds. The van der Waals surface area contributed by atoms with E-state index in [1.807, 2.05) is 72.8 Å².